The van der Waals surface area contributed by atoms with Gasteiger partial charge in [-0.3, -0.25) is 24.0 Å². The van der Waals surface area contributed by atoms with E-state index < -0.39 is 29.9 Å². The molecule has 0 aromatic carbocycles. The molecule has 7 N–H and O–H groups in total. The number of hydrogen-bond donors (Lipinski definition) is 6. The molecule has 0 aliphatic carbocycles. The fraction of sp³-hybridized carbons (Fsp3) is 0.762. The summed E-state index contributed by atoms with van der Waals surface area (Å²) in [5.41, 5.74) is 5.26. The van der Waals surface area contributed by atoms with Crippen molar-refractivity contribution in [2.45, 2.75) is 83.3 Å². The second-order valence-electron chi connectivity index (χ2n) is 8.54. The smallest absolute Gasteiger partial charge is 0.303 e. The number of carbonyl (C=O) groups excluding carboxylic acids is 4. The Morgan fingerprint density at radius 2 is 1.78 bits per heavy atom. The van der Waals surface area contributed by atoms with E-state index in [1.807, 2.05) is 13.8 Å². The van der Waals surface area contributed by atoms with Crippen molar-refractivity contribution in [3.05, 3.63) is 0 Å². The highest BCUT2D eigenvalue weighted by Gasteiger charge is 2.26. The monoisotopic (exact) mass is 455 g/mol. The number of nitrogens with two attached hydrogens (primary N) is 1. The summed E-state index contributed by atoms with van der Waals surface area (Å²) in [7, 11) is 0. The number of unbranched alkanes of at least 4 members (excludes halogenated alkanes) is 1. The van der Waals surface area contributed by atoms with E-state index in [9.17, 15) is 24.0 Å². The van der Waals surface area contributed by atoms with Crippen molar-refractivity contribution in [2.24, 2.45) is 11.7 Å². The predicted octanol–water partition coefficient (Wildman–Crippen LogP) is -0.609. The van der Waals surface area contributed by atoms with Crippen LogP contribution in [0.1, 0.15) is 65.2 Å². The van der Waals surface area contributed by atoms with Gasteiger partial charge in [0.2, 0.25) is 23.6 Å². The Kier molecular flexibility index (Phi) is 12.3. The average molecular weight is 456 g/mol. The summed E-state index contributed by atoms with van der Waals surface area (Å²) < 4.78 is 0. The molecule has 1 rings (SSSR count). The molecule has 11 nitrogen and oxygen atoms in total. The van der Waals surface area contributed by atoms with Gasteiger partial charge in [0.15, 0.2) is 0 Å². The summed E-state index contributed by atoms with van der Waals surface area (Å²) in [4.78, 5) is 59.1. The number of rotatable bonds is 15. The van der Waals surface area contributed by atoms with Crippen molar-refractivity contribution < 1.29 is 29.1 Å². The lowest BCUT2D eigenvalue weighted by atomic mass is 10.0. The van der Waals surface area contributed by atoms with Crippen molar-refractivity contribution in [3.8, 4) is 0 Å². The largest absolute Gasteiger partial charge is 0.481 e. The summed E-state index contributed by atoms with van der Waals surface area (Å²) in [5, 5.41) is 19.9. The molecule has 1 fully saturated rings. The van der Waals surface area contributed by atoms with Gasteiger partial charge in [-0.2, -0.15) is 0 Å². The van der Waals surface area contributed by atoms with Gasteiger partial charge in [-0.25, -0.2) is 0 Å². The van der Waals surface area contributed by atoms with Crippen molar-refractivity contribution in [1.82, 2.24) is 21.3 Å². The van der Waals surface area contributed by atoms with Crippen LogP contribution in [0.5, 0.6) is 0 Å². The van der Waals surface area contributed by atoms with Gasteiger partial charge in [0.1, 0.15) is 12.1 Å². The molecular weight excluding hydrogens is 418 g/mol. The quantitative estimate of drug-likeness (QED) is 0.178. The molecule has 182 valence electrons. The minimum atomic E-state index is -1.12. The van der Waals surface area contributed by atoms with E-state index in [1.165, 1.54) is 0 Å². The van der Waals surface area contributed by atoms with E-state index in [2.05, 4.69) is 21.3 Å². The molecule has 3 atom stereocenters. The molecule has 0 aromatic heterocycles. The minimum absolute atomic E-state index is 0.0208. The van der Waals surface area contributed by atoms with Crippen LogP contribution in [0.2, 0.25) is 0 Å². The average Bonchev–Trinajstić information content (AvgIpc) is 3.24. The first-order chi connectivity index (χ1) is 15.1. The normalized spacial score (nSPS) is 17.4. The Hall–Kier alpha value is -2.69. The van der Waals surface area contributed by atoms with E-state index in [0.717, 1.165) is 19.4 Å². The van der Waals surface area contributed by atoms with E-state index in [1.54, 1.807) is 0 Å². The van der Waals surface area contributed by atoms with Crippen LogP contribution < -0.4 is 27.0 Å². The molecule has 0 aromatic rings. The lowest BCUT2D eigenvalue weighted by molar-refractivity contribution is -0.138. The summed E-state index contributed by atoms with van der Waals surface area (Å²) in [6.45, 7) is 5.11. The maximum atomic E-state index is 12.6. The molecule has 4 amide bonds. The Balaban J connectivity index is 2.44. The number of carboxylic acids is 1. The van der Waals surface area contributed by atoms with Gasteiger partial charge >= 0.3 is 5.97 Å². The first-order valence-corrected chi connectivity index (χ1v) is 11.2. The fourth-order valence-corrected chi connectivity index (χ4v) is 3.45. The van der Waals surface area contributed by atoms with Crippen LogP contribution in [0.15, 0.2) is 0 Å². The standard InChI is InChI=1S/C21H37N5O6/c1-13(2)12-16(21(32)26-14(19(22)30)8-9-18(28)29)25-17(27)7-3-4-10-24-20(31)15-6-5-11-23-15/h13-16,23H,3-12H2,1-2H3,(H2,22,30)(H,24,31)(H,25,27)(H,26,32)(H,28,29)/t14-,15+,16-/m0/s1. The molecule has 1 aliphatic rings. The van der Waals surface area contributed by atoms with Gasteiger partial charge < -0.3 is 32.1 Å². The van der Waals surface area contributed by atoms with Gasteiger partial charge in [-0.05, 0) is 51.0 Å². The molecule has 0 radical (unpaired) electrons. The highest BCUT2D eigenvalue weighted by molar-refractivity contribution is 5.91. The lowest BCUT2D eigenvalue weighted by Crippen LogP contribution is -2.53. The Morgan fingerprint density at radius 3 is 2.34 bits per heavy atom. The van der Waals surface area contributed by atoms with Gasteiger partial charge in [-0.15, -0.1) is 0 Å². The first kappa shape index (κ1) is 27.3. The molecule has 0 bridgehead atoms. The van der Waals surface area contributed by atoms with E-state index in [0.29, 0.717) is 25.8 Å². The van der Waals surface area contributed by atoms with Gasteiger partial charge in [0.25, 0.3) is 0 Å². The van der Waals surface area contributed by atoms with E-state index in [-0.39, 0.29) is 43.0 Å². The third kappa shape index (κ3) is 11.1. The van der Waals surface area contributed by atoms with Gasteiger partial charge in [-0.1, -0.05) is 13.8 Å². The number of amides is 4. The number of carbonyl (C=O) groups is 5. The Morgan fingerprint density at radius 1 is 1.06 bits per heavy atom. The molecule has 0 spiro atoms. The summed E-state index contributed by atoms with van der Waals surface area (Å²) in [5.74, 6) is -2.74. The minimum Gasteiger partial charge on any atom is -0.481 e. The van der Waals surface area contributed by atoms with Crippen LogP contribution in [-0.4, -0.2) is 65.9 Å². The maximum Gasteiger partial charge on any atom is 0.303 e. The number of hydrogen-bond acceptors (Lipinski definition) is 6. The van der Waals surface area contributed by atoms with Crippen LogP contribution in [0.3, 0.4) is 0 Å². The third-order valence-corrected chi connectivity index (χ3v) is 5.17. The summed E-state index contributed by atoms with van der Waals surface area (Å²) in [6, 6.07) is -2.11. The van der Waals surface area contributed by atoms with Crippen LogP contribution in [0, 0.1) is 5.92 Å². The topological polar surface area (TPSA) is 180 Å². The number of nitrogens with one attached hydrogen (secondary N) is 4. The first-order valence-electron chi connectivity index (χ1n) is 11.2. The fourth-order valence-electron chi connectivity index (χ4n) is 3.45. The van der Waals surface area contributed by atoms with Crippen LogP contribution >= 0.6 is 0 Å². The molecule has 0 unspecified atom stereocenters. The van der Waals surface area contributed by atoms with E-state index >= 15 is 0 Å². The van der Waals surface area contributed by atoms with Crippen LogP contribution in [-0.2, 0) is 24.0 Å². The van der Waals surface area contributed by atoms with Gasteiger partial charge in [0.05, 0.1) is 6.04 Å². The molecule has 1 heterocycles. The highest BCUT2D eigenvalue weighted by atomic mass is 16.4. The van der Waals surface area contributed by atoms with Crippen LogP contribution in [0.4, 0.5) is 0 Å². The zero-order valence-electron chi connectivity index (χ0n) is 18.9. The lowest BCUT2D eigenvalue weighted by Gasteiger charge is -2.23. The molecule has 32 heavy (non-hydrogen) atoms. The molecule has 1 aliphatic heterocycles. The zero-order chi connectivity index (χ0) is 24.1. The number of aliphatic carboxylic acids is 1. The SMILES string of the molecule is CC(C)C[C@H](NC(=O)CCCCNC(=O)[C@H]1CCCN1)C(=O)N[C@@H](CCC(=O)O)C(N)=O. The molecule has 1 saturated heterocycles. The highest BCUT2D eigenvalue weighted by Crippen LogP contribution is 2.08. The molecule has 11 heteroatoms. The summed E-state index contributed by atoms with van der Waals surface area (Å²) in [6.07, 6.45) is 3.10. The van der Waals surface area contributed by atoms with Crippen molar-refractivity contribution in [1.29, 1.82) is 0 Å². The van der Waals surface area contributed by atoms with Crippen molar-refractivity contribution in [2.75, 3.05) is 13.1 Å². The Bertz CT molecular complexity index is 663. The summed E-state index contributed by atoms with van der Waals surface area (Å²) >= 11 is 0. The predicted molar refractivity (Wildman–Crippen MR) is 117 cm³/mol. The second-order valence-corrected chi connectivity index (χ2v) is 8.54. The van der Waals surface area contributed by atoms with Crippen LogP contribution in [0.25, 0.3) is 0 Å². The Labute approximate surface area is 188 Å². The van der Waals surface area contributed by atoms with Crippen molar-refractivity contribution in [3.63, 3.8) is 0 Å². The number of primary amides is 1. The van der Waals surface area contributed by atoms with Crippen molar-refractivity contribution >= 4 is 29.6 Å². The zero-order valence-corrected chi connectivity index (χ0v) is 18.9. The third-order valence-electron chi connectivity index (χ3n) is 5.17. The molecular formula is C21H37N5O6. The second kappa shape index (κ2) is 14.4. The van der Waals surface area contributed by atoms with E-state index in [4.69, 9.17) is 10.8 Å². The maximum absolute atomic E-state index is 12.6. The van der Waals surface area contributed by atoms with Gasteiger partial charge in [0, 0.05) is 19.4 Å². The number of carboxylic acid groups (broad SMARTS) is 1. The molecule has 0 saturated carbocycles.